The van der Waals surface area contributed by atoms with Crippen LogP contribution in [-0.2, 0) is 24.0 Å². The Labute approximate surface area is 254 Å². The smallest absolute Gasteiger partial charge is 0.222 e. The zero-order valence-electron chi connectivity index (χ0n) is 26.7. The van der Waals surface area contributed by atoms with Crippen molar-refractivity contribution in [2.24, 2.45) is 0 Å². The Hall–Kier alpha value is -3.53. The topological polar surface area (TPSA) is 102 Å². The van der Waals surface area contributed by atoms with Crippen LogP contribution in [0, 0.1) is 24.7 Å². The molecule has 0 aromatic rings. The number of rotatable bonds is 22. The van der Waals surface area contributed by atoms with Gasteiger partial charge in [-0.25, -0.2) is 0 Å². The van der Waals surface area contributed by atoms with E-state index in [4.69, 9.17) is 12.8 Å². The first-order valence-electron chi connectivity index (χ1n) is 15.3. The van der Waals surface area contributed by atoms with Gasteiger partial charge in [0, 0.05) is 111 Å². The van der Waals surface area contributed by atoms with Crippen LogP contribution in [0.3, 0.4) is 0 Å². The Kier molecular flexibility index (Phi) is 21.1. The molecule has 0 rings (SSSR count). The van der Waals surface area contributed by atoms with Crippen LogP contribution >= 0.6 is 0 Å². The summed E-state index contributed by atoms with van der Waals surface area (Å²) in [6.07, 6.45) is 14.5. The Balaban J connectivity index is 5.45. The summed E-state index contributed by atoms with van der Waals surface area (Å²) in [6, 6.07) is 0. The highest BCUT2D eigenvalue weighted by molar-refractivity contribution is 5.79. The van der Waals surface area contributed by atoms with E-state index in [-0.39, 0.29) is 36.0 Å². The lowest BCUT2D eigenvalue weighted by Gasteiger charge is -2.32. The molecule has 0 fully saturated rings. The van der Waals surface area contributed by atoms with Crippen LogP contribution in [0.1, 0.15) is 85.5 Å². The molecule has 0 atom stereocenters. The molecular weight excluding hydrogens is 534 g/mol. The van der Waals surface area contributed by atoms with E-state index >= 15 is 0 Å². The second-order valence-electron chi connectivity index (χ2n) is 10.1. The molecule has 0 bridgehead atoms. The molecule has 10 heteroatoms. The van der Waals surface area contributed by atoms with Crippen LogP contribution in [0.2, 0.25) is 0 Å². The summed E-state index contributed by atoms with van der Waals surface area (Å²) in [4.78, 5) is 71.6. The van der Waals surface area contributed by atoms with E-state index in [0.717, 1.165) is 0 Å². The van der Waals surface area contributed by atoms with Gasteiger partial charge in [0.1, 0.15) is 0 Å². The van der Waals surface area contributed by atoms with Crippen molar-refractivity contribution in [3.05, 3.63) is 0 Å². The second kappa shape index (κ2) is 23.1. The van der Waals surface area contributed by atoms with Crippen LogP contribution in [0.4, 0.5) is 0 Å². The van der Waals surface area contributed by atoms with Crippen molar-refractivity contribution in [3.63, 3.8) is 0 Å². The van der Waals surface area contributed by atoms with Gasteiger partial charge in [-0.05, 0) is 19.8 Å². The molecule has 0 aliphatic carbocycles. The van der Waals surface area contributed by atoms with Crippen LogP contribution in [0.5, 0.6) is 0 Å². The molecule has 0 N–H and O–H groups in total. The molecule has 0 saturated carbocycles. The van der Waals surface area contributed by atoms with Crippen molar-refractivity contribution in [2.75, 3.05) is 66.0 Å². The van der Waals surface area contributed by atoms with Gasteiger partial charge >= 0.3 is 0 Å². The summed E-state index contributed by atoms with van der Waals surface area (Å²) in [5.74, 6) is 4.90. The second-order valence-corrected chi connectivity index (χ2v) is 10.1. The van der Waals surface area contributed by atoms with Crippen LogP contribution < -0.4 is 0 Å². The molecule has 5 amide bonds. The highest BCUT2D eigenvalue weighted by Gasteiger charge is 2.21. The first kappa shape index (κ1) is 38.5. The standard InChI is InChI=1S/C32H53N5O5/c1-8-14-16-18-31(41)33(7)20-21-37(32(42)19-17-15-9-2)27-26-36(30(40)12-5)25-24-35(29(39)11-4)23-22-34(13-6)28(38)10-3/h1-2H,10-27H2,3-7H3. The summed E-state index contributed by atoms with van der Waals surface area (Å²) < 4.78 is 0. The number of carbonyl (C=O) groups excluding carboxylic acids is 5. The lowest BCUT2D eigenvalue weighted by molar-refractivity contribution is -0.137. The lowest BCUT2D eigenvalue weighted by Crippen LogP contribution is -2.47. The fourth-order valence-corrected chi connectivity index (χ4v) is 4.37. The minimum atomic E-state index is -0.0784. The SMILES string of the molecule is C#CCCCC(=O)N(C)CCN(CCN(CCN(CCN(CC)C(=O)CC)C(=O)CC)C(=O)CC)C(=O)CCCC#C. The molecule has 0 heterocycles. The Morgan fingerprint density at radius 3 is 1.21 bits per heavy atom. The van der Waals surface area contributed by atoms with Crippen molar-refractivity contribution in [3.8, 4) is 24.7 Å². The first-order valence-corrected chi connectivity index (χ1v) is 15.3. The number of carbonyl (C=O) groups is 5. The number of hydrogen-bond acceptors (Lipinski definition) is 5. The maximum atomic E-state index is 13.1. The van der Waals surface area contributed by atoms with Crippen molar-refractivity contribution in [1.82, 2.24) is 24.5 Å². The number of likely N-dealkylation sites (N-methyl/N-ethyl adjacent to an activating group) is 2. The van der Waals surface area contributed by atoms with E-state index in [2.05, 4.69) is 11.8 Å². The molecule has 236 valence electrons. The third kappa shape index (κ3) is 15.5. The van der Waals surface area contributed by atoms with Gasteiger partial charge in [0.2, 0.25) is 29.5 Å². The van der Waals surface area contributed by atoms with Gasteiger partial charge in [0.25, 0.3) is 0 Å². The molecule has 10 nitrogen and oxygen atoms in total. The monoisotopic (exact) mass is 587 g/mol. The fraction of sp³-hybridized carbons (Fsp3) is 0.719. The molecule has 0 aromatic carbocycles. The zero-order valence-corrected chi connectivity index (χ0v) is 26.7. The van der Waals surface area contributed by atoms with Gasteiger partial charge in [-0.2, -0.15) is 0 Å². The summed E-state index contributed by atoms with van der Waals surface area (Å²) >= 11 is 0. The summed E-state index contributed by atoms with van der Waals surface area (Å²) in [7, 11) is 1.71. The average Bonchev–Trinajstić information content (AvgIpc) is 3.00. The molecule has 42 heavy (non-hydrogen) atoms. The van der Waals surface area contributed by atoms with Gasteiger partial charge in [-0.15, -0.1) is 24.7 Å². The van der Waals surface area contributed by atoms with E-state index in [1.165, 1.54) is 0 Å². The maximum absolute atomic E-state index is 13.1. The predicted molar refractivity (Wildman–Crippen MR) is 166 cm³/mol. The molecule has 0 unspecified atom stereocenters. The number of amides is 5. The first-order chi connectivity index (χ1) is 20.1. The van der Waals surface area contributed by atoms with E-state index < -0.39 is 0 Å². The van der Waals surface area contributed by atoms with Crippen molar-refractivity contribution >= 4 is 29.5 Å². The normalized spacial score (nSPS) is 10.3. The highest BCUT2D eigenvalue weighted by atomic mass is 16.2. The van der Waals surface area contributed by atoms with E-state index in [0.29, 0.717) is 110 Å². The van der Waals surface area contributed by atoms with Crippen molar-refractivity contribution < 1.29 is 24.0 Å². The number of hydrogen-bond donors (Lipinski definition) is 0. The summed E-state index contributed by atoms with van der Waals surface area (Å²) in [6.45, 7) is 10.6. The van der Waals surface area contributed by atoms with E-state index in [1.54, 1.807) is 45.4 Å². The van der Waals surface area contributed by atoms with E-state index in [9.17, 15) is 24.0 Å². The molecular formula is C32H53N5O5. The highest BCUT2D eigenvalue weighted by Crippen LogP contribution is 2.06. The zero-order chi connectivity index (χ0) is 31.9. The minimum Gasteiger partial charge on any atom is -0.344 e. The Morgan fingerprint density at radius 2 is 0.833 bits per heavy atom. The van der Waals surface area contributed by atoms with Crippen molar-refractivity contribution in [1.29, 1.82) is 0 Å². The minimum absolute atomic E-state index is 0.0317. The van der Waals surface area contributed by atoms with Crippen molar-refractivity contribution in [2.45, 2.75) is 85.5 Å². The Bertz CT molecular complexity index is 939. The molecule has 0 saturated heterocycles. The van der Waals surface area contributed by atoms with Gasteiger partial charge < -0.3 is 24.5 Å². The Morgan fingerprint density at radius 1 is 0.500 bits per heavy atom. The molecule has 0 aliphatic rings. The summed E-state index contributed by atoms with van der Waals surface area (Å²) in [5.41, 5.74) is 0. The summed E-state index contributed by atoms with van der Waals surface area (Å²) in [5, 5.41) is 0. The number of nitrogens with zero attached hydrogens (tertiary/aromatic N) is 5. The molecule has 0 aliphatic heterocycles. The molecule has 0 aromatic heterocycles. The number of unbranched alkanes of at least 4 members (excludes halogenated alkanes) is 2. The fourth-order valence-electron chi connectivity index (χ4n) is 4.37. The van der Waals surface area contributed by atoms with Crippen LogP contribution in [0.15, 0.2) is 0 Å². The quantitative estimate of drug-likeness (QED) is 0.143. The maximum Gasteiger partial charge on any atom is 0.222 e. The van der Waals surface area contributed by atoms with E-state index in [1.807, 2.05) is 13.8 Å². The third-order valence-electron chi connectivity index (χ3n) is 7.17. The van der Waals surface area contributed by atoms with Gasteiger partial charge in [0.05, 0.1) is 0 Å². The average molecular weight is 588 g/mol. The van der Waals surface area contributed by atoms with Gasteiger partial charge in [-0.1, -0.05) is 20.8 Å². The molecule has 0 radical (unpaired) electrons. The van der Waals surface area contributed by atoms with Crippen LogP contribution in [0.25, 0.3) is 0 Å². The largest absolute Gasteiger partial charge is 0.344 e. The number of terminal acetylenes is 2. The van der Waals surface area contributed by atoms with Gasteiger partial charge in [0.15, 0.2) is 0 Å². The van der Waals surface area contributed by atoms with Crippen LogP contribution in [-0.4, -0.2) is 120 Å². The lowest BCUT2D eigenvalue weighted by atomic mass is 10.2. The third-order valence-corrected chi connectivity index (χ3v) is 7.17. The predicted octanol–water partition coefficient (Wildman–Crippen LogP) is 2.62. The molecule has 0 spiro atoms. The van der Waals surface area contributed by atoms with Gasteiger partial charge in [-0.3, -0.25) is 24.0 Å².